The van der Waals surface area contributed by atoms with Gasteiger partial charge in [0.15, 0.2) is 5.78 Å². The SMILES string of the molecule is Cc1cc2c(n1CCc1ncn[nH]1)CCCC2=O. The lowest BCUT2D eigenvalue weighted by Gasteiger charge is -2.15. The molecule has 0 amide bonds. The van der Waals surface area contributed by atoms with Gasteiger partial charge in [0.1, 0.15) is 12.2 Å². The second-order valence-corrected chi connectivity index (χ2v) is 4.76. The number of Topliss-reactive ketones (excluding diaryl/α,β-unsaturated/α-hetero) is 1. The first-order valence-electron chi connectivity index (χ1n) is 6.32. The van der Waals surface area contributed by atoms with Crippen LogP contribution in [0.15, 0.2) is 12.4 Å². The van der Waals surface area contributed by atoms with Gasteiger partial charge in [0.05, 0.1) is 0 Å². The highest BCUT2D eigenvalue weighted by Crippen LogP contribution is 2.25. The highest BCUT2D eigenvalue weighted by Gasteiger charge is 2.22. The van der Waals surface area contributed by atoms with Crippen molar-refractivity contribution >= 4 is 5.78 Å². The number of fused-ring (bicyclic) bond motifs is 1. The van der Waals surface area contributed by atoms with Gasteiger partial charge in [-0.05, 0) is 25.8 Å². The van der Waals surface area contributed by atoms with Gasteiger partial charge in [-0.2, -0.15) is 5.10 Å². The van der Waals surface area contributed by atoms with Crippen LogP contribution in [0.3, 0.4) is 0 Å². The van der Waals surface area contributed by atoms with E-state index in [-0.39, 0.29) is 5.78 Å². The third-order valence-electron chi connectivity index (χ3n) is 3.57. The smallest absolute Gasteiger partial charge is 0.164 e. The van der Waals surface area contributed by atoms with Crippen LogP contribution in [0.25, 0.3) is 0 Å². The van der Waals surface area contributed by atoms with Gasteiger partial charge >= 0.3 is 0 Å². The third-order valence-corrected chi connectivity index (χ3v) is 3.57. The molecule has 0 unspecified atom stereocenters. The number of aromatic amines is 1. The first-order chi connectivity index (χ1) is 8.75. The van der Waals surface area contributed by atoms with Gasteiger partial charge in [-0.1, -0.05) is 0 Å². The lowest BCUT2D eigenvalue weighted by molar-refractivity contribution is 0.0972. The predicted molar refractivity (Wildman–Crippen MR) is 66.5 cm³/mol. The van der Waals surface area contributed by atoms with Crippen molar-refractivity contribution in [3.05, 3.63) is 35.2 Å². The summed E-state index contributed by atoms with van der Waals surface area (Å²) in [6, 6.07) is 2.03. The molecular formula is C13H16N4O. The van der Waals surface area contributed by atoms with Gasteiger partial charge < -0.3 is 4.57 Å². The molecule has 94 valence electrons. The number of hydrogen-bond acceptors (Lipinski definition) is 3. The van der Waals surface area contributed by atoms with E-state index in [1.807, 2.05) is 6.07 Å². The molecule has 0 radical (unpaired) electrons. The summed E-state index contributed by atoms with van der Waals surface area (Å²) in [5, 5.41) is 6.71. The molecule has 1 N–H and O–H groups in total. The molecule has 18 heavy (non-hydrogen) atoms. The molecule has 5 nitrogen and oxygen atoms in total. The number of H-pyrrole nitrogens is 1. The number of rotatable bonds is 3. The fourth-order valence-electron chi connectivity index (χ4n) is 2.67. The van der Waals surface area contributed by atoms with Crippen LogP contribution in [0.2, 0.25) is 0 Å². The van der Waals surface area contributed by atoms with Gasteiger partial charge in [0.2, 0.25) is 0 Å². The van der Waals surface area contributed by atoms with Crippen LogP contribution in [0, 0.1) is 6.92 Å². The number of carbonyl (C=O) groups excluding carboxylic acids is 1. The van der Waals surface area contributed by atoms with Crippen molar-refractivity contribution in [3.63, 3.8) is 0 Å². The number of aromatic nitrogens is 4. The monoisotopic (exact) mass is 244 g/mol. The number of aryl methyl sites for hydroxylation is 2. The van der Waals surface area contributed by atoms with E-state index in [0.29, 0.717) is 6.42 Å². The number of nitrogens with one attached hydrogen (secondary N) is 1. The van der Waals surface area contributed by atoms with Gasteiger partial charge in [-0.3, -0.25) is 9.89 Å². The topological polar surface area (TPSA) is 63.6 Å². The number of nitrogens with zero attached hydrogens (tertiary/aromatic N) is 3. The van der Waals surface area contributed by atoms with E-state index >= 15 is 0 Å². The Hall–Kier alpha value is -1.91. The maximum Gasteiger partial charge on any atom is 0.164 e. The van der Waals surface area contributed by atoms with E-state index in [0.717, 1.165) is 42.9 Å². The summed E-state index contributed by atoms with van der Waals surface area (Å²) >= 11 is 0. The molecular weight excluding hydrogens is 228 g/mol. The van der Waals surface area contributed by atoms with Crippen molar-refractivity contribution in [2.75, 3.05) is 0 Å². The summed E-state index contributed by atoms with van der Waals surface area (Å²) in [4.78, 5) is 16.0. The molecule has 0 aromatic carbocycles. The normalized spacial score (nSPS) is 14.8. The fraction of sp³-hybridized carbons (Fsp3) is 0.462. The maximum absolute atomic E-state index is 11.8. The molecule has 0 saturated heterocycles. The molecule has 5 heteroatoms. The zero-order valence-electron chi connectivity index (χ0n) is 10.4. The van der Waals surface area contributed by atoms with Gasteiger partial charge in [-0.25, -0.2) is 4.98 Å². The highest BCUT2D eigenvalue weighted by atomic mass is 16.1. The van der Waals surface area contributed by atoms with Gasteiger partial charge in [0, 0.05) is 36.3 Å². The molecule has 3 rings (SSSR count). The first-order valence-corrected chi connectivity index (χ1v) is 6.32. The Bertz CT molecular complexity index is 568. The number of carbonyl (C=O) groups is 1. The molecule has 0 aliphatic heterocycles. The van der Waals surface area contributed by atoms with E-state index in [1.54, 1.807) is 0 Å². The Morgan fingerprint density at radius 2 is 2.33 bits per heavy atom. The lowest BCUT2D eigenvalue weighted by Crippen LogP contribution is -2.14. The Morgan fingerprint density at radius 3 is 3.11 bits per heavy atom. The minimum Gasteiger partial charge on any atom is -0.348 e. The second kappa shape index (κ2) is 4.40. The van der Waals surface area contributed by atoms with E-state index in [9.17, 15) is 4.79 Å². The average molecular weight is 244 g/mol. The van der Waals surface area contributed by atoms with Crippen molar-refractivity contribution in [1.29, 1.82) is 0 Å². The molecule has 0 saturated carbocycles. The van der Waals surface area contributed by atoms with Gasteiger partial charge in [-0.15, -0.1) is 0 Å². The van der Waals surface area contributed by atoms with Crippen molar-refractivity contribution in [2.45, 2.75) is 39.2 Å². The molecule has 1 aliphatic carbocycles. The highest BCUT2D eigenvalue weighted by molar-refractivity contribution is 5.98. The van der Waals surface area contributed by atoms with Crippen molar-refractivity contribution in [1.82, 2.24) is 19.7 Å². The Morgan fingerprint density at radius 1 is 1.44 bits per heavy atom. The van der Waals surface area contributed by atoms with Crippen LogP contribution in [0.4, 0.5) is 0 Å². The summed E-state index contributed by atoms with van der Waals surface area (Å²) in [6.45, 7) is 2.91. The summed E-state index contributed by atoms with van der Waals surface area (Å²) in [5.41, 5.74) is 3.29. The Balaban J connectivity index is 1.85. The van der Waals surface area contributed by atoms with Crippen molar-refractivity contribution in [3.8, 4) is 0 Å². The fourth-order valence-corrected chi connectivity index (χ4v) is 2.67. The molecule has 0 atom stereocenters. The zero-order chi connectivity index (χ0) is 12.5. The van der Waals surface area contributed by atoms with E-state index in [4.69, 9.17) is 0 Å². The van der Waals surface area contributed by atoms with Gasteiger partial charge in [0.25, 0.3) is 0 Å². The number of ketones is 1. The lowest BCUT2D eigenvalue weighted by atomic mass is 9.96. The van der Waals surface area contributed by atoms with E-state index in [2.05, 4.69) is 26.7 Å². The molecule has 0 bridgehead atoms. The summed E-state index contributed by atoms with van der Waals surface area (Å²) in [7, 11) is 0. The van der Waals surface area contributed by atoms with Crippen molar-refractivity contribution in [2.24, 2.45) is 0 Å². The summed E-state index contributed by atoms with van der Waals surface area (Å²) in [5.74, 6) is 1.18. The average Bonchev–Trinajstić information content (AvgIpc) is 2.95. The Labute approximate surface area is 105 Å². The second-order valence-electron chi connectivity index (χ2n) is 4.76. The zero-order valence-corrected chi connectivity index (χ0v) is 10.4. The van der Waals surface area contributed by atoms with Crippen LogP contribution < -0.4 is 0 Å². The minimum atomic E-state index is 0.290. The third kappa shape index (κ3) is 1.85. The first kappa shape index (κ1) is 11.2. The molecule has 2 aromatic rings. The Kier molecular flexibility index (Phi) is 2.74. The van der Waals surface area contributed by atoms with E-state index in [1.165, 1.54) is 12.0 Å². The number of hydrogen-bond donors (Lipinski definition) is 1. The van der Waals surface area contributed by atoms with Crippen LogP contribution in [0.1, 0.15) is 40.4 Å². The summed E-state index contributed by atoms with van der Waals surface area (Å²) in [6.07, 6.45) is 5.01. The standard InChI is InChI=1S/C13H16N4O/c1-9-7-10-11(3-2-4-12(10)18)17(9)6-5-13-14-8-15-16-13/h7-8H,2-6H2,1H3,(H,14,15,16). The molecule has 2 heterocycles. The molecule has 2 aromatic heterocycles. The van der Waals surface area contributed by atoms with Crippen LogP contribution in [-0.2, 0) is 19.4 Å². The van der Waals surface area contributed by atoms with Crippen LogP contribution >= 0.6 is 0 Å². The molecule has 0 spiro atoms. The largest absolute Gasteiger partial charge is 0.348 e. The summed E-state index contributed by atoms with van der Waals surface area (Å²) < 4.78 is 2.24. The van der Waals surface area contributed by atoms with E-state index < -0.39 is 0 Å². The van der Waals surface area contributed by atoms with Crippen LogP contribution in [-0.4, -0.2) is 25.5 Å². The van der Waals surface area contributed by atoms with Crippen LogP contribution in [0.5, 0.6) is 0 Å². The quantitative estimate of drug-likeness (QED) is 0.893. The maximum atomic E-state index is 11.8. The van der Waals surface area contributed by atoms with Crippen molar-refractivity contribution < 1.29 is 4.79 Å². The predicted octanol–water partition coefficient (Wildman–Crippen LogP) is 1.68. The molecule has 0 fully saturated rings. The minimum absolute atomic E-state index is 0.290. The molecule has 1 aliphatic rings.